The van der Waals surface area contributed by atoms with E-state index in [9.17, 15) is 4.79 Å². The molecule has 3 aliphatic carbocycles. The van der Waals surface area contributed by atoms with E-state index in [2.05, 4.69) is 6.92 Å². The highest BCUT2D eigenvalue weighted by Crippen LogP contribution is 2.63. The summed E-state index contributed by atoms with van der Waals surface area (Å²) in [5.41, 5.74) is 0.157. The van der Waals surface area contributed by atoms with Crippen molar-refractivity contribution < 1.29 is 4.79 Å². The summed E-state index contributed by atoms with van der Waals surface area (Å²) in [6.07, 6.45) is 3.68. The molecule has 3 rings (SSSR count). The Balaban J connectivity index is 2.25. The lowest BCUT2D eigenvalue weighted by Crippen LogP contribution is -2.43. The molecule has 1 heteroatoms. The first kappa shape index (κ1) is 6.38. The molecule has 0 heterocycles. The second kappa shape index (κ2) is 1.63. The summed E-state index contributed by atoms with van der Waals surface area (Å²) >= 11 is 0. The molecule has 56 valence electrons. The molecule has 3 fully saturated rings. The van der Waals surface area contributed by atoms with Gasteiger partial charge in [-0.1, -0.05) is 6.92 Å². The lowest BCUT2D eigenvalue weighted by atomic mass is 9.59. The van der Waals surface area contributed by atoms with Crippen LogP contribution in [0.1, 0.15) is 33.1 Å². The van der Waals surface area contributed by atoms with E-state index < -0.39 is 0 Å². The average Bonchev–Trinajstić information content (AvgIpc) is 2.41. The maximum absolute atomic E-state index is 11.2. The zero-order valence-electron chi connectivity index (χ0n) is 6.68. The molecule has 1 nitrogen and oxygen atoms in total. The van der Waals surface area contributed by atoms with Crippen LogP contribution in [0.5, 0.6) is 0 Å². The first-order chi connectivity index (χ1) is 4.67. The van der Waals surface area contributed by atoms with Gasteiger partial charge in [0.2, 0.25) is 0 Å². The van der Waals surface area contributed by atoms with Crippen LogP contribution >= 0.6 is 0 Å². The van der Waals surface area contributed by atoms with Crippen LogP contribution in [-0.2, 0) is 4.79 Å². The molecular formula is C9H14O. The second-order valence-corrected chi connectivity index (χ2v) is 4.00. The fourth-order valence-electron chi connectivity index (χ4n) is 2.89. The van der Waals surface area contributed by atoms with Crippen molar-refractivity contribution in [2.24, 2.45) is 17.3 Å². The number of carbonyl (C=O) groups is 1. The Morgan fingerprint density at radius 3 is 2.50 bits per heavy atom. The van der Waals surface area contributed by atoms with Crippen molar-refractivity contribution in [2.75, 3.05) is 0 Å². The molecule has 3 atom stereocenters. The van der Waals surface area contributed by atoms with Gasteiger partial charge in [-0.15, -0.1) is 0 Å². The maximum Gasteiger partial charge on any atom is 0.136 e. The quantitative estimate of drug-likeness (QED) is 0.541. The lowest BCUT2D eigenvalue weighted by molar-refractivity contribution is -0.135. The van der Waals surface area contributed by atoms with Crippen LogP contribution in [0.2, 0.25) is 0 Å². The molecule has 0 aromatic rings. The van der Waals surface area contributed by atoms with Gasteiger partial charge in [0.25, 0.3) is 0 Å². The van der Waals surface area contributed by atoms with E-state index in [1.807, 2.05) is 0 Å². The van der Waals surface area contributed by atoms with Gasteiger partial charge in [0.1, 0.15) is 5.78 Å². The van der Waals surface area contributed by atoms with Crippen molar-refractivity contribution in [3.05, 3.63) is 0 Å². The summed E-state index contributed by atoms with van der Waals surface area (Å²) in [6.45, 7) is 4.00. The minimum absolute atomic E-state index is 0.157. The Bertz CT molecular complexity index is 181. The number of carbonyl (C=O) groups excluding carboxylic acids is 1. The third-order valence-corrected chi connectivity index (χ3v) is 3.87. The largest absolute Gasteiger partial charge is 0.299 e. The SMILES string of the molecule is CC(=O)C12CCC(C1)C2C. The van der Waals surface area contributed by atoms with E-state index in [-0.39, 0.29) is 5.41 Å². The van der Waals surface area contributed by atoms with Gasteiger partial charge in [-0.2, -0.15) is 0 Å². The van der Waals surface area contributed by atoms with Gasteiger partial charge in [-0.3, -0.25) is 4.79 Å². The van der Waals surface area contributed by atoms with Crippen molar-refractivity contribution in [3.8, 4) is 0 Å². The fourth-order valence-corrected chi connectivity index (χ4v) is 2.89. The minimum atomic E-state index is 0.157. The fraction of sp³-hybridized carbons (Fsp3) is 0.889. The average molecular weight is 138 g/mol. The summed E-state index contributed by atoms with van der Waals surface area (Å²) in [6, 6.07) is 0. The Morgan fingerprint density at radius 1 is 1.60 bits per heavy atom. The molecule has 3 saturated carbocycles. The summed E-state index contributed by atoms with van der Waals surface area (Å²) in [7, 11) is 0. The van der Waals surface area contributed by atoms with Gasteiger partial charge in [0, 0.05) is 5.41 Å². The van der Waals surface area contributed by atoms with Gasteiger partial charge >= 0.3 is 0 Å². The zero-order valence-corrected chi connectivity index (χ0v) is 6.68. The number of Topliss-reactive ketones (excluding diaryl/α,β-unsaturated/α-hetero) is 1. The summed E-state index contributed by atoms with van der Waals surface area (Å²) in [5.74, 6) is 2.03. The highest BCUT2D eigenvalue weighted by atomic mass is 16.1. The van der Waals surface area contributed by atoms with Crippen molar-refractivity contribution in [3.63, 3.8) is 0 Å². The van der Waals surface area contributed by atoms with Gasteiger partial charge in [-0.05, 0) is 38.0 Å². The van der Waals surface area contributed by atoms with Crippen molar-refractivity contribution in [1.29, 1.82) is 0 Å². The summed E-state index contributed by atoms with van der Waals surface area (Å²) in [5, 5.41) is 0. The number of hydrogen-bond acceptors (Lipinski definition) is 1. The van der Waals surface area contributed by atoms with Crippen molar-refractivity contribution in [2.45, 2.75) is 33.1 Å². The number of hydrogen-bond donors (Lipinski definition) is 0. The van der Waals surface area contributed by atoms with E-state index in [1.165, 1.54) is 19.3 Å². The van der Waals surface area contributed by atoms with Crippen LogP contribution in [0.4, 0.5) is 0 Å². The van der Waals surface area contributed by atoms with E-state index in [1.54, 1.807) is 6.92 Å². The third-order valence-electron chi connectivity index (χ3n) is 3.87. The Kier molecular flexibility index (Phi) is 1.04. The van der Waals surface area contributed by atoms with Crippen LogP contribution < -0.4 is 0 Å². The monoisotopic (exact) mass is 138 g/mol. The van der Waals surface area contributed by atoms with Crippen LogP contribution in [-0.4, -0.2) is 5.78 Å². The topological polar surface area (TPSA) is 17.1 Å². The summed E-state index contributed by atoms with van der Waals surface area (Å²) in [4.78, 5) is 11.2. The Morgan fingerprint density at radius 2 is 2.30 bits per heavy atom. The highest BCUT2D eigenvalue weighted by molar-refractivity contribution is 5.84. The van der Waals surface area contributed by atoms with E-state index in [0.29, 0.717) is 11.7 Å². The molecule has 0 amide bonds. The highest BCUT2D eigenvalue weighted by Gasteiger charge is 2.59. The molecule has 0 spiro atoms. The minimum Gasteiger partial charge on any atom is -0.299 e. The molecule has 0 aromatic heterocycles. The van der Waals surface area contributed by atoms with Gasteiger partial charge < -0.3 is 0 Å². The molecule has 2 bridgehead atoms. The van der Waals surface area contributed by atoms with Gasteiger partial charge in [-0.25, -0.2) is 0 Å². The predicted molar refractivity (Wildman–Crippen MR) is 39.6 cm³/mol. The number of ketones is 1. The standard InChI is InChI=1S/C9H14O/c1-6-8-3-4-9(6,5-8)7(2)10/h6,8H,3-5H2,1-2H3. The molecule has 3 unspecified atom stereocenters. The first-order valence-corrected chi connectivity index (χ1v) is 4.18. The molecule has 0 aromatic carbocycles. The Hall–Kier alpha value is -0.330. The second-order valence-electron chi connectivity index (χ2n) is 4.00. The van der Waals surface area contributed by atoms with Crippen LogP contribution in [0.25, 0.3) is 0 Å². The molecule has 0 saturated heterocycles. The molecular weight excluding hydrogens is 124 g/mol. The number of fused-ring (bicyclic) bond motifs is 1. The zero-order chi connectivity index (χ0) is 7.35. The normalized spacial score (nSPS) is 50.6. The molecule has 0 radical (unpaired) electrons. The smallest absolute Gasteiger partial charge is 0.136 e. The number of rotatable bonds is 1. The first-order valence-electron chi connectivity index (χ1n) is 4.18. The maximum atomic E-state index is 11.2. The predicted octanol–water partition coefficient (Wildman–Crippen LogP) is 2.01. The Labute approximate surface area is 61.8 Å². The van der Waals surface area contributed by atoms with E-state index >= 15 is 0 Å². The lowest BCUT2D eigenvalue weighted by Gasteiger charge is -2.43. The summed E-state index contributed by atoms with van der Waals surface area (Å²) < 4.78 is 0. The van der Waals surface area contributed by atoms with Crippen LogP contribution in [0.3, 0.4) is 0 Å². The molecule has 0 aliphatic heterocycles. The van der Waals surface area contributed by atoms with Crippen LogP contribution in [0, 0.1) is 17.3 Å². The van der Waals surface area contributed by atoms with Crippen molar-refractivity contribution in [1.82, 2.24) is 0 Å². The van der Waals surface area contributed by atoms with Crippen molar-refractivity contribution >= 4 is 5.78 Å². The van der Waals surface area contributed by atoms with Gasteiger partial charge in [0.05, 0.1) is 0 Å². The van der Waals surface area contributed by atoms with Crippen LogP contribution in [0.15, 0.2) is 0 Å². The van der Waals surface area contributed by atoms with E-state index in [0.717, 1.165) is 5.92 Å². The molecule has 0 N–H and O–H groups in total. The molecule has 3 aliphatic rings. The van der Waals surface area contributed by atoms with E-state index in [4.69, 9.17) is 0 Å². The molecule has 10 heavy (non-hydrogen) atoms. The van der Waals surface area contributed by atoms with Gasteiger partial charge in [0.15, 0.2) is 0 Å². The third kappa shape index (κ3) is 0.480.